The Hall–Kier alpha value is -1.04. The maximum absolute atomic E-state index is 13.0. The molecule has 2 fully saturated rings. The first-order valence-electron chi connectivity index (χ1n) is 13.8. The van der Waals surface area contributed by atoms with Gasteiger partial charge in [0.1, 0.15) is 12.2 Å². The van der Waals surface area contributed by atoms with Crippen molar-refractivity contribution in [2.24, 2.45) is 35.5 Å². The van der Waals surface area contributed by atoms with Gasteiger partial charge in [0.05, 0.1) is 0 Å². The Morgan fingerprint density at radius 3 is 1.33 bits per heavy atom. The van der Waals surface area contributed by atoms with Crippen LogP contribution in [0, 0.1) is 35.5 Å². The first-order valence-corrected chi connectivity index (χ1v) is 14.9. The first-order chi connectivity index (χ1) is 16.5. The van der Waals surface area contributed by atoms with Crippen molar-refractivity contribution in [1.29, 1.82) is 0 Å². The van der Waals surface area contributed by atoms with Gasteiger partial charge in [0.25, 0.3) is 0 Å². The van der Waals surface area contributed by atoms with Crippen LogP contribution >= 0.6 is 8.25 Å². The lowest BCUT2D eigenvalue weighted by Crippen LogP contribution is -2.44. The molecule has 2 aliphatic rings. The molecule has 8 heteroatoms. The van der Waals surface area contributed by atoms with E-state index in [4.69, 9.17) is 18.5 Å². The molecule has 0 heterocycles. The molecule has 0 bridgehead atoms. The minimum absolute atomic E-state index is 0.193. The van der Waals surface area contributed by atoms with Crippen LogP contribution < -0.4 is 0 Å². The third-order valence-corrected chi connectivity index (χ3v) is 9.24. The van der Waals surface area contributed by atoms with Gasteiger partial charge in [-0.15, -0.1) is 9.05 Å². The Balaban J connectivity index is 1.97. The lowest BCUT2D eigenvalue weighted by molar-refractivity contribution is -0.175. The van der Waals surface area contributed by atoms with E-state index in [1.54, 1.807) is 0 Å². The minimum Gasteiger partial charge on any atom is -0.460 e. The van der Waals surface area contributed by atoms with Crippen molar-refractivity contribution >= 4 is 20.2 Å². The molecule has 0 radical (unpaired) electrons. The van der Waals surface area contributed by atoms with Crippen LogP contribution in [0.25, 0.3) is 0 Å². The summed E-state index contributed by atoms with van der Waals surface area (Å²) in [6.45, 7) is 19.0. The molecule has 2 aliphatic carbocycles. The quantitative estimate of drug-likeness (QED) is 0.218. The van der Waals surface area contributed by atoms with Crippen molar-refractivity contribution in [2.75, 3.05) is 0 Å². The number of esters is 2. The van der Waals surface area contributed by atoms with Gasteiger partial charge in [0, 0.05) is 4.57 Å². The number of ether oxygens (including phenoxy) is 2. The van der Waals surface area contributed by atoms with E-state index in [1.807, 2.05) is 0 Å². The smallest absolute Gasteiger partial charge is 0.460 e. The zero-order chi connectivity index (χ0) is 27.4. The van der Waals surface area contributed by atoms with E-state index >= 15 is 0 Å². The van der Waals surface area contributed by atoms with Gasteiger partial charge in [-0.1, -0.05) is 54.4 Å². The summed E-state index contributed by atoms with van der Waals surface area (Å²) in [5.74, 6) is 1.19. The van der Waals surface area contributed by atoms with E-state index in [2.05, 4.69) is 41.5 Å². The molecule has 6 unspecified atom stereocenters. The summed E-state index contributed by atoms with van der Waals surface area (Å²) in [6, 6.07) is 0. The van der Waals surface area contributed by atoms with Crippen molar-refractivity contribution in [3.8, 4) is 0 Å². The zero-order valence-electron chi connectivity index (χ0n) is 24.2. The maximum atomic E-state index is 13.0. The number of hydrogen-bond donors (Lipinski definition) is 0. The molecule has 208 valence electrons. The molecule has 7 nitrogen and oxygen atoms in total. The molecule has 36 heavy (non-hydrogen) atoms. The van der Waals surface area contributed by atoms with Crippen molar-refractivity contribution in [1.82, 2.24) is 0 Å². The number of hydrogen-bond acceptors (Lipinski definition) is 7. The van der Waals surface area contributed by atoms with Crippen molar-refractivity contribution < 1.29 is 32.7 Å². The molecule has 2 saturated carbocycles. The summed E-state index contributed by atoms with van der Waals surface area (Å²) in [6.07, 6.45) is 5.51. The normalized spacial score (nSPS) is 30.3. The van der Waals surface area contributed by atoms with Gasteiger partial charge in [-0.2, -0.15) is 0 Å². The van der Waals surface area contributed by atoms with Crippen LogP contribution in [0.15, 0.2) is 0 Å². The zero-order valence-corrected chi connectivity index (χ0v) is 25.1. The molecular weight excluding hydrogens is 479 g/mol. The third kappa shape index (κ3) is 8.49. The monoisotopic (exact) mass is 529 g/mol. The van der Waals surface area contributed by atoms with E-state index in [0.29, 0.717) is 23.7 Å². The third-order valence-electron chi connectivity index (χ3n) is 8.03. The van der Waals surface area contributed by atoms with Gasteiger partial charge < -0.3 is 9.47 Å². The summed E-state index contributed by atoms with van der Waals surface area (Å²) < 4.78 is 35.6. The fraction of sp³-hybridized carbons (Fsp3) is 0.929. The molecule has 0 N–H and O–H groups in total. The Bertz CT molecular complexity index is 714. The predicted octanol–water partition coefficient (Wildman–Crippen LogP) is 7.24. The molecule has 6 atom stereocenters. The van der Waals surface area contributed by atoms with Crippen molar-refractivity contribution in [2.45, 2.75) is 131 Å². The van der Waals surface area contributed by atoms with E-state index in [0.717, 1.165) is 38.5 Å². The van der Waals surface area contributed by atoms with Gasteiger partial charge in [-0.3, -0.25) is 0 Å². The van der Waals surface area contributed by atoms with Crippen LogP contribution in [0.5, 0.6) is 0 Å². The molecule has 0 amide bonds. The van der Waals surface area contributed by atoms with E-state index in [9.17, 15) is 14.2 Å². The maximum Gasteiger partial charge on any atom is 0.699 e. The second kappa shape index (κ2) is 12.7. The highest BCUT2D eigenvalue weighted by molar-refractivity contribution is 7.33. The first kappa shape index (κ1) is 31.2. The average molecular weight is 530 g/mol. The lowest BCUT2D eigenvalue weighted by atomic mass is 9.75. The molecule has 2 rings (SSSR count). The van der Waals surface area contributed by atoms with Crippen LogP contribution in [0.2, 0.25) is 0 Å². The molecule has 0 spiro atoms. The van der Waals surface area contributed by atoms with Gasteiger partial charge in [-0.05, 0) is 88.9 Å². The fourth-order valence-electron chi connectivity index (χ4n) is 5.53. The van der Waals surface area contributed by atoms with Gasteiger partial charge in [0.2, 0.25) is 11.2 Å². The Morgan fingerprint density at radius 2 is 1.03 bits per heavy atom. The highest BCUT2D eigenvalue weighted by Gasteiger charge is 2.49. The second-order valence-electron chi connectivity index (χ2n) is 13.0. The average Bonchev–Trinajstić information content (AvgIpc) is 2.72. The lowest BCUT2D eigenvalue weighted by Gasteiger charge is -2.37. The molecule has 0 saturated heterocycles. The molecular formula is C28H50O7P+. The molecule has 0 aromatic heterocycles. The predicted molar refractivity (Wildman–Crippen MR) is 140 cm³/mol. The Kier molecular flexibility index (Phi) is 11.0. The second-order valence-corrected chi connectivity index (χ2v) is 13.8. The van der Waals surface area contributed by atoms with E-state index in [1.165, 1.54) is 27.7 Å². The van der Waals surface area contributed by atoms with Gasteiger partial charge in [0.15, 0.2) is 0 Å². The molecule has 0 aliphatic heterocycles. The van der Waals surface area contributed by atoms with Crippen molar-refractivity contribution in [3.05, 3.63) is 0 Å². The minimum atomic E-state index is -2.78. The molecule has 0 aromatic carbocycles. The van der Waals surface area contributed by atoms with Gasteiger partial charge in [-0.25, -0.2) is 9.59 Å². The van der Waals surface area contributed by atoms with Crippen LogP contribution in [-0.2, 0) is 32.7 Å². The highest BCUT2D eigenvalue weighted by atomic mass is 31.1. The summed E-state index contributed by atoms with van der Waals surface area (Å²) >= 11 is 0. The fourth-order valence-corrected chi connectivity index (χ4v) is 6.46. The summed E-state index contributed by atoms with van der Waals surface area (Å²) in [4.78, 5) is 26.0. The van der Waals surface area contributed by atoms with Crippen LogP contribution in [-0.4, -0.2) is 35.3 Å². The summed E-state index contributed by atoms with van der Waals surface area (Å²) in [7, 11) is -2.78. The van der Waals surface area contributed by atoms with Crippen LogP contribution in [0.1, 0.15) is 108 Å². The Morgan fingerprint density at radius 1 is 0.694 bits per heavy atom. The number of rotatable bonds is 10. The summed E-state index contributed by atoms with van der Waals surface area (Å²) in [5.41, 5.74) is -2.98. The van der Waals surface area contributed by atoms with E-state index < -0.39 is 31.4 Å². The van der Waals surface area contributed by atoms with Crippen molar-refractivity contribution in [3.63, 3.8) is 0 Å². The van der Waals surface area contributed by atoms with E-state index in [-0.39, 0.29) is 24.0 Å². The molecule has 0 aromatic rings. The van der Waals surface area contributed by atoms with Gasteiger partial charge >= 0.3 is 20.2 Å². The van der Waals surface area contributed by atoms with Crippen LogP contribution in [0.4, 0.5) is 0 Å². The Labute approximate surface area is 219 Å². The topological polar surface area (TPSA) is 88.1 Å². The highest BCUT2D eigenvalue weighted by Crippen LogP contribution is 2.41. The van der Waals surface area contributed by atoms with Crippen LogP contribution in [0.3, 0.4) is 0 Å². The number of carbonyl (C=O) groups excluding carboxylic acids is 2. The summed E-state index contributed by atoms with van der Waals surface area (Å²) in [5, 5.41) is 0. The largest absolute Gasteiger partial charge is 0.699 e. The number of carbonyl (C=O) groups is 2. The standard InChI is InChI=1S/C28H50O7P/c1-17(2)21-13-11-19(5)15-23(21)32-25(29)27(7,8)34-36(31)35-28(9,10)26(30)33-24-16-20(6)12-14-22(24)18(3)4/h17-24H,11-16H2,1-10H3/q+1. The SMILES string of the molecule is CC1CCC(C(C)C)C(OC(=O)C(C)(C)O[P+](=O)OC(C)(C)C(=O)OC2CC(C)CCC2C(C)C)C1.